The van der Waals surface area contributed by atoms with E-state index in [1.54, 1.807) is 12.4 Å². The molecule has 0 amide bonds. The Hall–Kier alpha value is -0.970. The summed E-state index contributed by atoms with van der Waals surface area (Å²) < 4.78 is 0.338. The highest BCUT2D eigenvalue weighted by molar-refractivity contribution is 8.00. The molecular weight excluding hydrogens is 208 g/mol. The molecule has 2 heterocycles. The summed E-state index contributed by atoms with van der Waals surface area (Å²) in [4.78, 5) is 8.23. The number of rotatable bonds is 3. The van der Waals surface area contributed by atoms with Crippen molar-refractivity contribution in [2.75, 3.05) is 23.3 Å². The van der Waals surface area contributed by atoms with Gasteiger partial charge in [-0.1, -0.05) is 0 Å². The molecule has 1 fully saturated rings. The normalized spacial score (nSPS) is 25.4. The van der Waals surface area contributed by atoms with E-state index in [0.717, 1.165) is 6.54 Å². The Labute approximate surface area is 94.1 Å². The van der Waals surface area contributed by atoms with Crippen molar-refractivity contribution in [3.8, 4) is 0 Å². The van der Waals surface area contributed by atoms with E-state index in [9.17, 15) is 0 Å². The van der Waals surface area contributed by atoms with Gasteiger partial charge >= 0.3 is 0 Å². The minimum Gasteiger partial charge on any atom is -0.396 e. The van der Waals surface area contributed by atoms with E-state index in [-0.39, 0.29) is 0 Å². The molecular formula is C10H16N4S. The number of nitrogens with zero attached hydrogens (tertiary/aromatic N) is 2. The number of aromatic nitrogens is 2. The van der Waals surface area contributed by atoms with Crippen LogP contribution in [0.2, 0.25) is 0 Å². The summed E-state index contributed by atoms with van der Waals surface area (Å²) in [5.41, 5.74) is 6.11. The van der Waals surface area contributed by atoms with Crippen molar-refractivity contribution in [2.45, 2.75) is 24.5 Å². The lowest BCUT2D eigenvalue weighted by molar-refractivity contribution is 0.632. The summed E-state index contributed by atoms with van der Waals surface area (Å²) in [6.45, 7) is 3.20. The molecule has 0 spiro atoms. The minimum absolute atomic E-state index is 0.338. The van der Waals surface area contributed by atoms with Crippen LogP contribution in [0.5, 0.6) is 0 Å². The fraction of sp³-hybridized carbons (Fsp3) is 0.600. The van der Waals surface area contributed by atoms with Crippen LogP contribution in [-0.4, -0.2) is 27.0 Å². The van der Waals surface area contributed by atoms with E-state index in [2.05, 4.69) is 22.2 Å². The van der Waals surface area contributed by atoms with Crippen molar-refractivity contribution in [3.05, 3.63) is 12.4 Å². The van der Waals surface area contributed by atoms with E-state index in [1.165, 1.54) is 18.6 Å². The molecule has 0 aromatic carbocycles. The quantitative estimate of drug-likeness (QED) is 0.819. The first-order chi connectivity index (χ1) is 7.18. The average Bonchev–Trinajstić information content (AvgIpc) is 2.65. The van der Waals surface area contributed by atoms with Crippen LogP contribution in [0.4, 0.5) is 11.6 Å². The fourth-order valence-electron chi connectivity index (χ4n) is 1.67. The Morgan fingerprint density at radius 1 is 1.53 bits per heavy atom. The van der Waals surface area contributed by atoms with Gasteiger partial charge in [-0.3, -0.25) is 0 Å². The third-order valence-corrected chi connectivity index (χ3v) is 4.13. The van der Waals surface area contributed by atoms with Crippen LogP contribution in [0.3, 0.4) is 0 Å². The van der Waals surface area contributed by atoms with Gasteiger partial charge in [0.1, 0.15) is 0 Å². The Kier molecular flexibility index (Phi) is 3.00. The zero-order valence-electron chi connectivity index (χ0n) is 8.86. The monoisotopic (exact) mass is 224 g/mol. The molecule has 0 bridgehead atoms. The van der Waals surface area contributed by atoms with E-state index < -0.39 is 0 Å². The van der Waals surface area contributed by atoms with Gasteiger partial charge in [-0.05, 0) is 25.5 Å². The van der Waals surface area contributed by atoms with E-state index in [1.807, 2.05) is 11.8 Å². The molecule has 4 nitrogen and oxygen atoms in total. The Morgan fingerprint density at radius 3 is 2.87 bits per heavy atom. The molecule has 1 aromatic rings. The Balaban J connectivity index is 1.90. The lowest BCUT2D eigenvalue weighted by Gasteiger charge is -2.22. The standard InChI is InChI=1S/C10H16N4S/c1-10(3-2-4-15-10)7-14-9-12-5-8(11)6-13-9/h5-6H,2-4,7,11H2,1H3,(H,12,13,14). The molecule has 1 aliphatic heterocycles. The van der Waals surface area contributed by atoms with Crippen LogP contribution >= 0.6 is 11.8 Å². The molecule has 1 unspecified atom stereocenters. The maximum absolute atomic E-state index is 5.51. The van der Waals surface area contributed by atoms with E-state index >= 15 is 0 Å². The van der Waals surface area contributed by atoms with Gasteiger partial charge < -0.3 is 11.1 Å². The predicted octanol–water partition coefficient (Wildman–Crippen LogP) is 1.76. The maximum Gasteiger partial charge on any atom is 0.222 e. The number of nitrogens with two attached hydrogens (primary N) is 1. The van der Waals surface area contributed by atoms with Gasteiger partial charge in [-0.25, -0.2) is 9.97 Å². The Bertz CT molecular complexity index is 319. The van der Waals surface area contributed by atoms with Crippen LogP contribution < -0.4 is 11.1 Å². The molecule has 0 radical (unpaired) electrons. The summed E-state index contributed by atoms with van der Waals surface area (Å²) in [5, 5.41) is 3.26. The molecule has 3 N–H and O–H groups in total. The van der Waals surface area contributed by atoms with Crippen LogP contribution in [-0.2, 0) is 0 Å². The lowest BCUT2D eigenvalue weighted by atomic mass is 10.1. The third kappa shape index (κ3) is 2.75. The van der Waals surface area contributed by atoms with Crippen molar-refractivity contribution in [3.63, 3.8) is 0 Å². The first-order valence-corrected chi connectivity index (χ1v) is 6.12. The molecule has 0 saturated carbocycles. The summed E-state index contributed by atoms with van der Waals surface area (Å²) >= 11 is 2.02. The summed E-state index contributed by atoms with van der Waals surface area (Å²) in [6.07, 6.45) is 5.82. The highest BCUT2D eigenvalue weighted by Crippen LogP contribution is 2.37. The zero-order chi connectivity index (χ0) is 10.7. The second-order valence-corrected chi connectivity index (χ2v) is 5.78. The second kappa shape index (κ2) is 4.26. The molecule has 1 aromatic heterocycles. The van der Waals surface area contributed by atoms with Gasteiger partial charge in [0.25, 0.3) is 0 Å². The topological polar surface area (TPSA) is 63.8 Å². The number of anilines is 2. The van der Waals surface area contributed by atoms with E-state index in [0.29, 0.717) is 16.4 Å². The first-order valence-electron chi connectivity index (χ1n) is 5.13. The minimum atomic E-state index is 0.338. The number of hydrogen-bond acceptors (Lipinski definition) is 5. The Morgan fingerprint density at radius 2 is 2.27 bits per heavy atom. The van der Waals surface area contributed by atoms with Crippen LogP contribution in [0.1, 0.15) is 19.8 Å². The SMILES string of the molecule is CC1(CNc2ncc(N)cn2)CCCS1. The van der Waals surface area contributed by atoms with Gasteiger partial charge in [0, 0.05) is 11.3 Å². The smallest absolute Gasteiger partial charge is 0.222 e. The molecule has 82 valence electrons. The molecule has 1 aliphatic rings. The molecule has 1 atom stereocenters. The molecule has 0 aliphatic carbocycles. The second-order valence-electron chi connectivity index (χ2n) is 4.10. The van der Waals surface area contributed by atoms with Crippen LogP contribution in [0.25, 0.3) is 0 Å². The van der Waals surface area contributed by atoms with Crippen LogP contribution in [0, 0.1) is 0 Å². The number of hydrogen-bond donors (Lipinski definition) is 2. The van der Waals surface area contributed by atoms with E-state index in [4.69, 9.17) is 5.73 Å². The molecule has 2 rings (SSSR count). The summed E-state index contributed by atoms with van der Waals surface area (Å²) in [5.74, 6) is 1.93. The zero-order valence-corrected chi connectivity index (χ0v) is 9.68. The summed E-state index contributed by atoms with van der Waals surface area (Å²) in [6, 6.07) is 0. The van der Waals surface area contributed by atoms with Crippen molar-refractivity contribution < 1.29 is 0 Å². The molecule has 15 heavy (non-hydrogen) atoms. The number of thioether (sulfide) groups is 1. The lowest BCUT2D eigenvalue weighted by Crippen LogP contribution is -2.27. The average molecular weight is 224 g/mol. The predicted molar refractivity (Wildman–Crippen MR) is 65.0 cm³/mol. The summed E-state index contributed by atoms with van der Waals surface area (Å²) in [7, 11) is 0. The van der Waals surface area contributed by atoms with Gasteiger partial charge in [0.05, 0.1) is 18.1 Å². The fourth-order valence-corrected chi connectivity index (χ4v) is 2.92. The molecule has 1 saturated heterocycles. The van der Waals surface area contributed by atoms with Gasteiger partial charge in [0.2, 0.25) is 5.95 Å². The first kappa shape index (κ1) is 10.5. The van der Waals surface area contributed by atoms with Crippen molar-refractivity contribution >= 4 is 23.4 Å². The maximum atomic E-state index is 5.51. The van der Waals surface area contributed by atoms with Crippen molar-refractivity contribution in [1.82, 2.24) is 9.97 Å². The van der Waals surface area contributed by atoms with Crippen molar-refractivity contribution in [1.29, 1.82) is 0 Å². The van der Waals surface area contributed by atoms with Gasteiger partial charge in [-0.15, -0.1) is 0 Å². The number of nitrogens with one attached hydrogen (secondary N) is 1. The molecule has 5 heteroatoms. The van der Waals surface area contributed by atoms with Crippen LogP contribution in [0.15, 0.2) is 12.4 Å². The van der Waals surface area contributed by atoms with Crippen molar-refractivity contribution in [2.24, 2.45) is 0 Å². The number of nitrogen functional groups attached to an aromatic ring is 1. The highest BCUT2D eigenvalue weighted by atomic mass is 32.2. The largest absolute Gasteiger partial charge is 0.396 e. The highest BCUT2D eigenvalue weighted by Gasteiger charge is 2.29. The van der Waals surface area contributed by atoms with Gasteiger partial charge in [0.15, 0.2) is 0 Å². The van der Waals surface area contributed by atoms with Gasteiger partial charge in [-0.2, -0.15) is 11.8 Å². The third-order valence-electron chi connectivity index (χ3n) is 2.59.